The van der Waals surface area contributed by atoms with E-state index in [9.17, 15) is 9.59 Å². The molecular formula is C11H14N2O4. The molecule has 1 aromatic heterocycles. The van der Waals surface area contributed by atoms with Gasteiger partial charge in [0.25, 0.3) is 5.91 Å². The van der Waals surface area contributed by atoms with Gasteiger partial charge in [-0.3, -0.25) is 14.6 Å². The summed E-state index contributed by atoms with van der Waals surface area (Å²) < 4.78 is 9.67. The molecule has 0 atom stereocenters. The zero-order valence-corrected chi connectivity index (χ0v) is 9.73. The fourth-order valence-corrected chi connectivity index (χ4v) is 1.19. The second-order valence-corrected chi connectivity index (χ2v) is 3.06. The average Bonchev–Trinajstić information content (AvgIpc) is 2.36. The van der Waals surface area contributed by atoms with E-state index in [1.54, 1.807) is 6.92 Å². The molecular weight excluding hydrogens is 224 g/mol. The lowest BCUT2D eigenvalue weighted by molar-refractivity contribution is -0.141. The zero-order valence-electron chi connectivity index (χ0n) is 9.73. The van der Waals surface area contributed by atoms with Gasteiger partial charge in [-0.2, -0.15) is 0 Å². The Morgan fingerprint density at radius 1 is 1.47 bits per heavy atom. The number of hydrogen-bond donors (Lipinski definition) is 1. The second-order valence-electron chi connectivity index (χ2n) is 3.06. The lowest BCUT2D eigenvalue weighted by Crippen LogP contribution is -2.30. The van der Waals surface area contributed by atoms with Gasteiger partial charge in [-0.05, 0) is 13.0 Å². The summed E-state index contributed by atoms with van der Waals surface area (Å²) in [5, 5.41) is 2.44. The number of amides is 1. The van der Waals surface area contributed by atoms with Crippen LogP contribution in [0.4, 0.5) is 0 Å². The van der Waals surface area contributed by atoms with E-state index in [0.29, 0.717) is 11.3 Å². The highest BCUT2D eigenvalue weighted by Gasteiger charge is 2.13. The largest absolute Gasteiger partial charge is 0.494 e. The van der Waals surface area contributed by atoms with Crippen LogP contribution in [-0.4, -0.2) is 37.1 Å². The van der Waals surface area contributed by atoms with Crippen molar-refractivity contribution in [2.75, 3.05) is 20.3 Å². The maximum absolute atomic E-state index is 11.7. The van der Waals surface area contributed by atoms with Crippen molar-refractivity contribution in [3.8, 4) is 5.75 Å². The lowest BCUT2D eigenvalue weighted by atomic mass is 10.2. The molecule has 0 bridgehead atoms. The zero-order chi connectivity index (χ0) is 12.7. The van der Waals surface area contributed by atoms with Crippen LogP contribution in [0.5, 0.6) is 5.75 Å². The molecule has 0 aliphatic rings. The van der Waals surface area contributed by atoms with E-state index in [4.69, 9.17) is 4.74 Å². The van der Waals surface area contributed by atoms with Gasteiger partial charge in [0.1, 0.15) is 12.3 Å². The number of ether oxygens (including phenoxy) is 2. The number of aromatic nitrogens is 1. The van der Waals surface area contributed by atoms with Gasteiger partial charge < -0.3 is 14.8 Å². The van der Waals surface area contributed by atoms with E-state index in [0.717, 1.165) is 0 Å². The molecule has 0 aliphatic carbocycles. The van der Waals surface area contributed by atoms with E-state index < -0.39 is 11.9 Å². The Balaban J connectivity index is 2.61. The number of hydrogen-bond acceptors (Lipinski definition) is 5. The number of carbonyl (C=O) groups is 2. The predicted octanol–water partition coefficient (Wildman–Crippen LogP) is 0.383. The molecule has 17 heavy (non-hydrogen) atoms. The van der Waals surface area contributed by atoms with E-state index >= 15 is 0 Å². The molecule has 0 aromatic carbocycles. The second kappa shape index (κ2) is 6.47. The van der Waals surface area contributed by atoms with Crippen LogP contribution in [0.1, 0.15) is 17.3 Å². The van der Waals surface area contributed by atoms with Gasteiger partial charge >= 0.3 is 5.97 Å². The van der Waals surface area contributed by atoms with Gasteiger partial charge in [-0.25, -0.2) is 0 Å². The van der Waals surface area contributed by atoms with Crippen molar-refractivity contribution in [1.82, 2.24) is 10.3 Å². The first-order valence-corrected chi connectivity index (χ1v) is 5.10. The third-order valence-corrected chi connectivity index (χ3v) is 1.95. The molecule has 1 amide bonds. The molecule has 0 unspecified atom stereocenters. The first kappa shape index (κ1) is 13.0. The molecule has 6 heteroatoms. The van der Waals surface area contributed by atoms with Gasteiger partial charge in [-0.15, -0.1) is 0 Å². The van der Waals surface area contributed by atoms with Gasteiger partial charge in [0.15, 0.2) is 0 Å². The number of esters is 1. The highest BCUT2D eigenvalue weighted by atomic mass is 16.5. The van der Waals surface area contributed by atoms with E-state index in [2.05, 4.69) is 15.0 Å². The Morgan fingerprint density at radius 3 is 2.88 bits per heavy atom. The number of methoxy groups -OCH3 is 1. The normalized spacial score (nSPS) is 9.53. The predicted molar refractivity (Wildman–Crippen MR) is 59.8 cm³/mol. The summed E-state index contributed by atoms with van der Waals surface area (Å²) in [5.41, 5.74) is 0.326. The molecule has 92 valence electrons. The number of carbonyl (C=O) groups excluding carboxylic acids is 2. The Bertz CT molecular complexity index is 406. The van der Waals surface area contributed by atoms with Gasteiger partial charge in [0, 0.05) is 6.20 Å². The van der Waals surface area contributed by atoms with Gasteiger partial charge in [-0.1, -0.05) is 0 Å². The Morgan fingerprint density at radius 2 is 2.24 bits per heavy atom. The van der Waals surface area contributed by atoms with Crippen molar-refractivity contribution in [2.24, 2.45) is 0 Å². The molecule has 0 aliphatic heterocycles. The van der Waals surface area contributed by atoms with Crippen molar-refractivity contribution < 1.29 is 19.1 Å². The van der Waals surface area contributed by atoms with Crippen LogP contribution in [0.2, 0.25) is 0 Å². The molecule has 1 rings (SSSR count). The Kier molecular flexibility index (Phi) is 4.93. The average molecular weight is 238 g/mol. The highest BCUT2D eigenvalue weighted by molar-refractivity contribution is 5.98. The highest BCUT2D eigenvalue weighted by Crippen LogP contribution is 2.14. The van der Waals surface area contributed by atoms with Crippen molar-refractivity contribution >= 4 is 11.9 Å². The third-order valence-electron chi connectivity index (χ3n) is 1.95. The Hall–Kier alpha value is -2.11. The molecule has 0 saturated heterocycles. The fourth-order valence-electron chi connectivity index (χ4n) is 1.19. The molecule has 6 nitrogen and oxygen atoms in total. The van der Waals surface area contributed by atoms with Crippen LogP contribution in [0.3, 0.4) is 0 Å². The quantitative estimate of drug-likeness (QED) is 0.750. The summed E-state index contributed by atoms with van der Waals surface area (Å²) in [6, 6.07) is 1.51. The van der Waals surface area contributed by atoms with Crippen molar-refractivity contribution in [3.63, 3.8) is 0 Å². The van der Waals surface area contributed by atoms with Crippen LogP contribution in [0.15, 0.2) is 18.5 Å². The molecule has 1 heterocycles. The maximum Gasteiger partial charge on any atom is 0.325 e. The first-order chi connectivity index (χ1) is 8.19. The molecule has 1 N–H and O–H groups in total. The smallest absolute Gasteiger partial charge is 0.325 e. The van der Waals surface area contributed by atoms with E-state index in [1.807, 2.05) is 0 Å². The summed E-state index contributed by atoms with van der Waals surface area (Å²) in [6.07, 6.45) is 2.90. The van der Waals surface area contributed by atoms with E-state index in [1.165, 1.54) is 25.6 Å². The standard InChI is InChI=1S/C11H14N2O4/c1-3-17-10(14)7-13-11(15)8-4-5-12-6-9(8)16-2/h4-6H,3,7H2,1-2H3,(H,13,15). The summed E-state index contributed by atoms with van der Waals surface area (Å²) in [7, 11) is 1.44. The van der Waals surface area contributed by atoms with E-state index in [-0.39, 0.29) is 13.2 Å². The number of nitrogens with zero attached hydrogens (tertiary/aromatic N) is 1. The number of pyridine rings is 1. The number of rotatable bonds is 5. The first-order valence-electron chi connectivity index (χ1n) is 5.10. The summed E-state index contributed by atoms with van der Waals surface area (Å²) in [5.74, 6) is -0.528. The molecule has 1 aromatic rings. The van der Waals surface area contributed by atoms with Gasteiger partial charge in [0.2, 0.25) is 0 Å². The van der Waals surface area contributed by atoms with Crippen molar-refractivity contribution in [1.29, 1.82) is 0 Å². The van der Waals surface area contributed by atoms with Crippen LogP contribution in [0, 0.1) is 0 Å². The molecule has 0 radical (unpaired) electrons. The summed E-state index contributed by atoms with van der Waals surface area (Å²) in [4.78, 5) is 26.6. The SMILES string of the molecule is CCOC(=O)CNC(=O)c1ccncc1OC. The maximum atomic E-state index is 11.7. The molecule has 0 saturated carbocycles. The fraction of sp³-hybridized carbons (Fsp3) is 0.364. The minimum absolute atomic E-state index is 0.169. The minimum Gasteiger partial charge on any atom is -0.494 e. The minimum atomic E-state index is -0.478. The molecule has 0 fully saturated rings. The van der Waals surface area contributed by atoms with Crippen LogP contribution in [-0.2, 0) is 9.53 Å². The van der Waals surface area contributed by atoms with Crippen LogP contribution < -0.4 is 10.1 Å². The molecule has 0 spiro atoms. The monoisotopic (exact) mass is 238 g/mol. The summed E-state index contributed by atoms with van der Waals surface area (Å²) in [6.45, 7) is 1.82. The van der Waals surface area contributed by atoms with Crippen LogP contribution >= 0.6 is 0 Å². The Labute approximate surface area is 98.9 Å². The lowest BCUT2D eigenvalue weighted by Gasteiger charge is -2.08. The van der Waals surface area contributed by atoms with Crippen LogP contribution in [0.25, 0.3) is 0 Å². The number of nitrogens with one attached hydrogen (secondary N) is 1. The van der Waals surface area contributed by atoms with Gasteiger partial charge in [0.05, 0.1) is 25.5 Å². The van der Waals surface area contributed by atoms with Crippen molar-refractivity contribution in [3.05, 3.63) is 24.0 Å². The topological polar surface area (TPSA) is 77.5 Å². The van der Waals surface area contributed by atoms with Crippen molar-refractivity contribution in [2.45, 2.75) is 6.92 Å². The third kappa shape index (κ3) is 3.75. The summed E-state index contributed by atoms with van der Waals surface area (Å²) >= 11 is 0.